The van der Waals surface area contributed by atoms with Crippen LogP contribution >= 0.6 is 0 Å². The van der Waals surface area contributed by atoms with E-state index >= 15 is 0 Å². The summed E-state index contributed by atoms with van der Waals surface area (Å²) in [6.45, 7) is 13.5. The number of ether oxygens (including phenoxy) is 1. The molecule has 21 heavy (non-hydrogen) atoms. The van der Waals surface area contributed by atoms with E-state index in [1.165, 1.54) is 0 Å². The highest BCUT2D eigenvalue weighted by Crippen LogP contribution is 2.13. The van der Waals surface area contributed by atoms with E-state index in [1.54, 1.807) is 6.92 Å². The van der Waals surface area contributed by atoms with Crippen molar-refractivity contribution in [3.05, 3.63) is 0 Å². The van der Waals surface area contributed by atoms with Crippen molar-refractivity contribution in [3.8, 4) is 0 Å². The third-order valence-corrected chi connectivity index (χ3v) is 3.37. The first kappa shape index (κ1) is 19.9. The Morgan fingerprint density at radius 2 is 1.57 bits per heavy atom. The van der Waals surface area contributed by atoms with Crippen LogP contribution in [-0.2, 0) is 14.3 Å². The van der Waals surface area contributed by atoms with Gasteiger partial charge in [-0.15, -0.1) is 0 Å². The number of hydrogen-bond acceptors (Lipinski definition) is 3. The van der Waals surface area contributed by atoms with Crippen molar-refractivity contribution in [1.29, 1.82) is 0 Å². The molecule has 124 valence electrons. The maximum absolute atomic E-state index is 11.9. The van der Waals surface area contributed by atoms with Gasteiger partial charge >= 0.3 is 0 Å². The predicted octanol–water partition coefficient (Wildman–Crippen LogP) is 2.11. The molecule has 0 bridgehead atoms. The van der Waals surface area contributed by atoms with Crippen LogP contribution in [0.15, 0.2) is 0 Å². The van der Waals surface area contributed by atoms with Crippen LogP contribution in [0, 0.1) is 11.8 Å². The summed E-state index contributed by atoms with van der Waals surface area (Å²) in [5.74, 6) is -0.566. The minimum atomic E-state index is -0.660. The minimum absolute atomic E-state index is 0.211. The van der Waals surface area contributed by atoms with Gasteiger partial charge in [-0.1, -0.05) is 13.8 Å². The fourth-order valence-electron chi connectivity index (χ4n) is 1.86. The van der Waals surface area contributed by atoms with Gasteiger partial charge in [-0.05, 0) is 46.5 Å². The Balaban J connectivity index is 4.01. The molecule has 1 unspecified atom stereocenters. The molecule has 0 heterocycles. The van der Waals surface area contributed by atoms with E-state index in [9.17, 15) is 9.59 Å². The zero-order valence-electron chi connectivity index (χ0n) is 14.4. The first-order valence-corrected chi connectivity index (χ1v) is 7.89. The van der Waals surface area contributed by atoms with Crippen LogP contribution in [0.3, 0.4) is 0 Å². The van der Waals surface area contributed by atoms with Crippen molar-refractivity contribution in [2.45, 2.75) is 60.0 Å². The molecular weight excluding hydrogens is 268 g/mol. The van der Waals surface area contributed by atoms with Crippen molar-refractivity contribution in [1.82, 2.24) is 10.6 Å². The number of nitrogens with one attached hydrogen (secondary N) is 2. The van der Waals surface area contributed by atoms with E-state index in [0.29, 0.717) is 32.0 Å². The van der Waals surface area contributed by atoms with Crippen LogP contribution < -0.4 is 10.6 Å². The van der Waals surface area contributed by atoms with Crippen molar-refractivity contribution >= 4 is 11.8 Å². The highest BCUT2D eigenvalue weighted by Gasteiger charge is 2.22. The molecule has 2 amide bonds. The van der Waals surface area contributed by atoms with Gasteiger partial charge in [-0.3, -0.25) is 9.59 Å². The highest BCUT2D eigenvalue weighted by atomic mass is 16.5. The van der Waals surface area contributed by atoms with Gasteiger partial charge in [0.05, 0.1) is 5.60 Å². The average Bonchev–Trinajstić information content (AvgIpc) is 2.36. The molecule has 0 aromatic heterocycles. The smallest absolute Gasteiger partial charge is 0.232 e. The molecule has 0 fully saturated rings. The molecule has 0 radical (unpaired) electrons. The lowest BCUT2D eigenvalue weighted by atomic mass is 10.0. The van der Waals surface area contributed by atoms with E-state index in [1.807, 2.05) is 20.8 Å². The van der Waals surface area contributed by atoms with E-state index in [2.05, 4.69) is 24.5 Å². The van der Waals surface area contributed by atoms with Crippen LogP contribution in [0.25, 0.3) is 0 Å². The van der Waals surface area contributed by atoms with Gasteiger partial charge in [0, 0.05) is 19.7 Å². The maximum atomic E-state index is 11.9. The Morgan fingerprint density at radius 3 is 2.05 bits per heavy atom. The Kier molecular flexibility index (Phi) is 9.26. The van der Waals surface area contributed by atoms with Crippen molar-refractivity contribution < 1.29 is 14.3 Å². The number of carbonyl (C=O) groups is 2. The Morgan fingerprint density at radius 1 is 1.05 bits per heavy atom. The van der Waals surface area contributed by atoms with Gasteiger partial charge < -0.3 is 15.4 Å². The van der Waals surface area contributed by atoms with Crippen molar-refractivity contribution in [2.75, 3.05) is 19.7 Å². The summed E-state index contributed by atoms with van der Waals surface area (Å²) in [4.78, 5) is 23.7. The summed E-state index contributed by atoms with van der Waals surface area (Å²) < 4.78 is 5.56. The summed E-state index contributed by atoms with van der Waals surface area (Å²) in [7, 11) is 0. The molecule has 0 aromatic rings. The third-order valence-electron chi connectivity index (χ3n) is 3.37. The van der Waals surface area contributed by atoms with Gasteiger partial charge in [-0.25, -0.2) is 0 Å². The summed E-state index contributed by atoms with van der Waals surface area (Å²) in [5, 5.41) is 5.59. The zero-order valence-corrected chi connectivity index (χ0v) is 14.4. The Labute approximate surface area is 129 Å². The van der Waals surface area contributed by atoms with Crippen LogP contribution in [0.2, 0.25) is 0 Å². The molecule has 0 aliphatic carbocycles. The number of carbonyl (C=O) groups excluding carboxylic acids is 2. The molecular formula is C16H32N2O3. The Bertz CT molecular complexity index is 327. The first-order chi connectivity index (χ1) is 9.69. The number of rotatable bonds is 10. The van der Waals surface area contributed by atoms with Gasteiger partial charge in [0.25, 0.3) is 0 Å². The molecule has 5 nitrogen and oxygen atoms in total. The highest BCUT2D eigenvalue weighted by molar-refractivity contribution is 5.99. The molecule has 0 aliphatic heterocycles. The SMILES string of the molecule is CCOC(C)(C)CCNC(=O)C(C)C(=O)NCCC(C)C. The fraction of sp³-hybridized carbons (Fsp3) is 0.875. The van der Waals surface area contributed by atoms with Gasteiger partial charge in [-0.2, -0.15) is 0 Å². The second kappa shape index (κ2) is 9.77. The summed E-state index contributed by atoms with van der Waals surface area (Å²) >= 11 is 0. The van der Waals surface area contributed by atoms with Crippen molar-refractivity contribution in [3.63, 3.8) is 0 Å². The van der Waals surface area contributed by atoms with E-state index in [0.717, 1.165) is 6.42 Å². The maximum Gasteiger partial charge on any atom is 0.232 e. The summed E-state index contributed by atoms with van der Waals surface area (Å²) in [6, 6.07) is 0. The average molecular weight is 300 g/mol. The molecule has 0 aliphatic rings. The third kappa shape index (κ3) is 9.45. The second-order valence-electron chi connectivity index (χ2n) is 6.43. The zero-order chi connectivity index (χ0) is 16.5. The van der Waals surface area contributed by atoms with Crippen LogP contribution in [0.1, 0.15) is 54.4 Å². The standard InChI is InChI=1S/C16H32N2O3/c1-7-21-16(5,6)9-11-18-15(20)13(4)14(19)17-10-8-12(2)3/h12-13H,7-11H2,1-6H3,(H,17,19)(H,18,20). The monoisotopic (exact) mass is 300 g/mol. The van der Waals surface area contributed by atoms with Crippen LogP contribution in [-0.4, -0.2) is 37.1 Å². The fourth-order valence-corrected chi connectivity index (χ4v) is 1.86. The quantitative estimate of drug-likeness (QED) is 0.607. The molecule has 2 N–H and O–H groups in total. The molecule has 0 saturated carbocycles. The number of hydrogen-bond donors (Lipinski definition) is 2. The topological polar surface area (TPSA) is 67.4 Å². The lowest BCUT2D eigenvalue weighted by molar-refractivity contribution is -0.134. The van der Waals surface area contributed by atoms with Crippen LogP contribution in [0.5, 0.6) is 0 Å². The minimum Gasteiger partial charge on any atom is -0.376 e. The number of amides is 2. The molecule has 0 aromatic carbocycles. The van der Waals surface area contributed by atoms with Crippen LogP contribution in [0.4, 0.5) is 0 Å². The molecule has 5 heteroatoms. The first-order valence-electron chi connectivity index (χ1n) is 7.89. The largest absolute Gasteiger partial charge is 0.376 e. The lowest BCUT2D eigenvalue weighted by Gasteiger charge is -2.25. The van der Waals surface area contributed by atoms with E-state index in [-0.39, 0.29) is 17.4 Å². The predicted molar refractivity (Wildman–Crippen MR) is 85.0 cm³/mol. The van der Waals surface area contributed by atoms with E-state index in [4.69, 9.17) is 4.74 Å². The molecule has 0 spiro atoms. The summed E-state index contributed by atoms with van der Waals surface area (Å²) in [5.41, 5.74) is -0.259. The second-order valence-corrected chi connectivity index (χ2v) is 6.43. The van der Waals surface area contributed by atoms with E-state index < -0.39 is 5.92 Å². The van der Waals surface area contributed by atoms with Gasteiger partial charge in [0.15, 0.2) is 0 Å². The normalized spacial score (nSPS) is 13.1. The summed E-state index contributed by atoms with van der Waals surface area (Å²) in [6.07, 6.45) is 1.64. The van der Waals surface area contributed by atoms with Gasteiger partial charge in [0.2, 0.25) is 11.8 Å². The van der Waals surface area contributed by atoms with Gasteiger partial charge in [0.1, 0.15) is 5.92 Å². The lowest BCUT2D eigenvalue weighted by Crippen LogP contribution is -2.41. The Hall–Kier alpha value is -1.10. The molecule has 0 rings (SSSR count). The molecule has 0 saturated heterocycles. The molecule has 1 atom stereocenters. The van der Waals surface area contributed by atoms with Crippen molar-refractivity contribution in [2.24, 2.45) is 11.8 Å².